The smallest absolute Gasteiger partial charge is 0.257 e. The number of methoxy groups -OCH3 is 1. The third-order valence-electron chi connectivity index (χ3n) is 7.80. The Morgan fingerprint density at radius 3 is 2.50 bits per heavy atom. The molecule has 3 aromatic rings. The highest BCUT2D eigenvalue weighted by Crippen LogP contribution is 2.39. The molecular formula is C31H33N3O4. The van der Waals surface area contributed by atoms with Crippen molar-refractivity contribution in [3.63, 3.8) is 0 Å². The number of nitrogens with zero attached hydrogens (tertiary/aromatic N) is 3. The molecule has 0 aromatic heterocycles. The van der Waals surface area contributed by atoms with E-state index in [2.05, 4.69) is 35.2 Å². The van der Waals surface area contributed by atoms with E-state index in [1.165, 1.54) is 5.56 Å². The fourth-order valence-corrected chi connectivity index (χ4v) is 5.64. The summed E-state index contributed by atoms with van der Waals surface area (Å²) in [6.07, 6.45) is 3.95. The molecule has 3 aliphatic heterocycles. The minimum absolute atomic E-state index is 0.0256. The summed E-state index contributed by atoms with van der Waals surface area (Å²) in [4.78, 5) is 16.0. The molecule has 0 bridgehead atoms. The van der Waals surface area contributed by atoms with E-state index >= 15 is 0 Å². The Morgan fingerprint density at radius 2 is 1.74 bits per heavy atom. The third-order valence-corrected chi connectivity index (χ3v) is 7.80. The van der Waals surface area contributed by atoms with Gasteiger partial charge >= 0.3 is 0 Å². The molecule has 1 atom stereocenters. The molecule has 3 heterocycles. The van der Waals surface area contributed by atoms with Crippen LogP contribution in [0.15, 0.2) is 77.9 Å². The molecule has 1 amide bonds. The van der Waals surface area contributed by atoms with Gasteiger partial charge in [0.1, 0.15) is 5.75 Å². The Balaban J connectivity index is 1.16. The van der Waals surface area contributed by atoms with Crippen LogP contribution in [-0.4, -0.2) is 55.1 Å². The molecule has 0 aliphatic carbocycles. The molecule has 0 radical (unpaired) electrons. The largest absolute Gasteiger partial charge is 0.497 e. The van der Waals surface area contributed by atoms with Crippen LogP contribution >= 0.6 is 0 Å². The molecule has 3 aliphatic rings. The van der Waals surface area contributed by atoms with E-state index in [0.717, 1.165) is 60.7 Å². The van der Waals surface area contributed by atoms with Gasteiger partial charge in [-0.15, -0.1) is 0 Å². The van der Waals surface area contributed by atoms with Crippen LogP contribution in [-0.2, 0) is 11.2 Å². The Morgan fingerprint density at radius 1 is 0.974 bits per heavy atom. The molecule has 0 N–H and O–H groups in total. The number of amides is 1. The van der Waals surface area contributed by atoms with Crippen LogP contribution in [0.2, 0.25) is 0 Å². The van der Waals surface area contributed by atoms with Crippen molar-refractivity contribution in [3.05, 3.63) is 89.5 Å². The Kier molecular flexibility index (Phi) is 7.01. The van der Waals surface area contributed by atoms with Crippen molar-refractivity contribution in [2.24, 2.45) is 11.0 Å². The van der Waals surface area contributed by atoms with Crippen LogP contribution in [0.1, 0.15) is 42.0 Å². The van der Waals surface area contributed by atoms with Gasteiger partial charge in [0.15, 0.2) is 11.5 Å². The maximum absolute atomic E-state index is 13.7. The second-order valence-electron chi connectivity index (χ2n) is 10.3. The standard InChI is InChI=1S/C31H33N3O4/c1-36-26-10-7-24(8-11-26)27-19-28(25-9-12-29-30(18-25)38-21-37-29)34(32-27)31(35)20-33-15-13-23(14-16-33)17-22-5-3-2-4-6-22/h2-12,18,23,28H,13-17,19-21H2,1H3/t28-/m1/s1. The SMILES string of the molecule is COc1ccc(C2=NN(C(=O)CN3CCC(Cc4ccccc4)CC3)[C@@H](c3ccc4c(c3)OCO4)C2)cc1. The minimum atomic E-state index is -0.190. The lowest BCUT2D eigenvalue weighted by Crippen LogP contribution is -2.42. The van der Waals surface area contributed by atoms with Gasteiger partial charge in [-0.3, -0.25) is 9.69 Å². The van der Waals surface area contributed by atoms with Gasteiger partial charge in [-0.1, -0.05) is 36.4 Å². The van der Waals surface area contributed by atoms with Gasteiger partial charge in [0, 0.05) is 6.42 Å². The van der Waals surface area contributed by atoms with Crippen molar-refractivity contribution in [3.8, 4) is 17.2 Å². The highest BCUT2D eigenvalue weighted by Gasteiger charge is 2.35. The predicted octanol–water partition coefficient (Wildman–Crippen LogP) is 5.06. The van der Waals surface area contributed by atoms with Crippen LogP contribution < -0.4 is 14.2 Å². The van der Waals surface area contributed by atoms with E-state index in [9.17, 15) is 4.79 Å². The summed E-state index contributed by atoms with van der Waals surface area (Å²) in [6, 6.07) is 24.3. The van der Waals surface area contributed by atoms with Crippen molar-refractivity contribution in [1.82, 2.24) is 9.91 Å². The maximum Gasteiger partial charge on any atom is 0.257 e. The lowest BCUT2D eigenvalue weighted by molar-refractivity contribution is -0.134. The van der Waals surface area contributed by atoms with Crippen LogP contribution in [0.5, 0.6) is 17.2 Å². The minimum Gasteiger partial charge on any atom is -0.497 e. The van der Waals surface area contributed by atoms with Crippen LogP contribution in [0.25, 0.3) is 0 Å². The number of carbonyl (C=O) groups excluding carboxylic acids is 1. The summed E-state index contributed by atoms with van der Waals surface area (Å²) in [5, 5.41) is 6.55. The summed E-state index contributed by atoms with van der Waals surface area (Å²) < 4.78 is 16.4. The fraction of sp³-hybridized carbons (Fsp3) is 0.355. The molecule has 1 saturated heterocycles. The van der Waals surface area contributed by atoms with Gasteiger partial charge in [-0.05, 0) is 91.4 Å². The highest BCUT2D eigenvalue weighted by molar-refractivity contribution is 6.03. The Bertz CT molecular complexity index is 1300. The number of fused-ring (bicyclic) bond motifs is 1. The van der Waals surface area contributed by atoms with Crippen molar-refractivity contribution in [2.45, 2.75) is 31.7 Å². The van der Waals surface area contributed by atoms with Crippen molar-refractivity contribution >= 4 is 11.6 Å². The first-order valence-corrected chi connectivity index (χ1v) is 13.4. The first-order valence-electron chi connectivity index (χ1n) is 13.4. The average molecular weight is 512 g/mol. The molecule has 196 valence electrons. The number of benzene rings is 3. The monoisotopic (exact) mass is 511 g/mol. The van der Waals surface area contributed by atoms with Gasteiger partial charge < -0.3 is 14.2 Å². The molecule has 3 aromatic carbocycles. The molecule has 0 spiro atoms. The normalized spacial score (nSPS) is 19.4. The molecule has 7 heteroatoms. The topological polar surface area (TPSA) is 63.6 Å². The summed E-state index contributed by atoms with van der Waals surface area (Å²) in [6.45, 7) is 2.46. The van der Waals surface area contributed by atoms with Crippen LogP contribution in [0, 0.1) is 5.92 Å². The number of hydrogen-bond acceptors (Lipinski definition) is 6. The van der Waals surface area contributed by atoms with Gasteiger partial charge in [0.2, 0.25) is 6.79 Å². The molecule has 0 unspecified atom stereocenters. The second kappa shape index (κ2) is 10.9. The number of hydrazone groups is 1. The molecular weight excluding hydrogens is 478 g/mol. The number of likely N-dealkylation sites (tertiary alicyclic amines) is 1. The molecule has 0 saturated carbocycles. The average Bonchev–Trinajstić information content (AvgIpc) is 3.62. The zero-order chi connectivity index (χ0) is 25.9. The number of carbonyl (C=O) groups is 1. The van der Waals surface area contributed by atoms with E-state index < -0.39 is 0 Å². The van der Waals surface area contributed by atoms with E-state index in [1.807, 2.05) is 42.5 Å². The third kappa shape index (κ3) is 5.24. The molecule has 6 rings (SSSR count). The van der Waals surface area contributed by atoms with Crippen LogP contribution in [0.3, 0.4) is 0 Å². The Labute approximate surface area is 223 Å². The quantitative estimate of drug-likeness (QED) is 0.444. The summed E-state index contributed by atoms with van der Waals surface area (Å²) in [7, 11) is 1.66. The van der Waals surface area contributed by atoms with Crippen molar-refractivity contribution in [1.29, 1.82) is 0 Å². The van der Waals surface area contributed by atoms with Gasteiger partial charge in [0.05, 0.1) is 25.4 Å². The van der Waals surface area contributed by atoms with E-state index in [0.29, 0.717) is 24.6 Å². The Hall–Kier alpha value is -3.84. The predicted molar refractivity (Wildman–Crippen MR) is 146 cm³/mol. The second-order valence-corrected chi connectivity index (χ2v) is 10.3. The number of rotatable bonds is 7. The number of ether oxygens (including phenoxy) is 3. The van der Waals surface area contributed by atoms with E-state index in [1.54, 1.807) is 12.1 Å². The number of piperidine rings is 1. The molecule has 1 fully saturated rings. The zero-order valence-electron chi connectivity index (χ0n) is 21.7. The maximum atomic E-state index is 13.7. The summed E-state index contributed by atoms with van der Waals surface area (Å²) >= 11 is 0. The van der Waals surface area contributed by atoms with Gasteiger partial charge in [-0.2, -0.15) is 5.10 Å². The fourth-order valence-electron chi connectivity index (χ4n) is 5.64. The molecule has 38 heavy (non-hydrogen) atoms. The number of hydrogen-bond donors (Lipinski definition) is 0. The van der Waals surface area contributed by atoms with E-state index in [-0.39, 0.29) is 18.7 Å². The van der Waals surface area contributed by atoms with Gasteiger partial charge in [0.25, 0.3) is 5.91 Å². The van der Waals surface area contributed by atoms with Crippen LogP contribution in [0.4, 0.5) is 0 Å². The summed E-state index contributed by atoms with van der Waals surface area (Å²) in [5.74, 6) is 2.94. The summed E-state index contributed by atoms with van der Waals surface area (Å²) in [5.41, 5.74) is 4.28. The van der Waals surface area contributed by atoms with E-state index in [4.69, 9.17) is 19.3 Å². The van der Waals surface area contributed by atoms with Crippen molar-refractivity contribution < 1.29 is 19.0 Å². The zero-order valence-corrected chi connectivity index (χ0v) is 21.7. The van der Waals surface area contributed by atoms with Crippen molar-refractivity contribution in [2.75, 3.05) is 33.5 Å². The molecule has 7 nitrogen and oxygen atoms in total. The highest BCUT2D eigenvalue weighted by atomic mass is 16.7. The lowest BCUT2D eigenvalue weighted by Gasteiger charge is -2.33. The lowest BCUT2D eigenvalue weighted by atomic mass is 9.90. The first-order chi connectivity index (χ1) is 18.7. The first kappa shape index (κ1) is 24.5. The van der Waals surface area contributed by atoms with Gasteiger partial charge in [-0.25, -0.2) is 5.01 Å².